The van der Waals surface area contributed by atoms with Gasteiger partial charge in [0, 0.05) is 19.6 Å². The Morgan fingerprint density at radius 2 is 1.64 bits per heavy atom. The third-order valence-electron chi connectivity index (χ3n) is 1.27. The molecule has 11 heavy (non-hydrogen) atoms. The molecule has 0 amide bonds. The van der Waals surface area contributed by atoms with Crippen LogP contribution in [0.5, 0.6) is 0 Å². The van der Waals surface area contributed by atoms with E-state index in [0.29, 0.717) is 0 Å². The maximum atomic E-state index is 5.21. The molecular formula is C9H16N2. The van der Waals surface area contributed by atoms with Gasteiger partial charge in [-0.1, -0.05) is 18.2 Å². The van der Waals surface area contributed by atoms with Crippen LogP contribution >= 0.6 is 0 Å². The molecule has 0 heterocycles. The summed E-state index contributed by atoms with van der Waals surface area (Å²) >= 11 is 0. The van der Waals surface area contributed by atoms with E-state index in [0.717, 1.165) is 19.6 Å². The molecule has 62 valence electrons. The summed E-state index contributed by atoms with van der Waals surface area (Å²) < 4.78 is 0. The highest BCUT2D eigenvalue weighted by molar-refractivity contribution is 4.86. The Morgan fingerprint density at radius 1 is 1.09 bits per heavy atom. The lowest BCUT2D eigenvalue weighted by atomic mass is 10.4. The van der Waals surface area contributed by atoms with E-state index >= 15 is 0 Å². The van der Waals surface area contributed by atoms with E-state index in [2.05, 4.69) is 18.1 Å². The molecule has 2 heteroatoms. The molecule has 0 aromatic carbocycles. The molecule has 0 radical (unpaired) electrons. The van der Waals surface area contributed by atoms with Crippen molar-refractivity contribution < 1.29 is 0 Å². The minimum Gasteiger partial charge on any atom is -0.405 e. The molecule has 0 saturated heterocycles. The quantitative estimate of drug-likeness (QED) is 0.578. The lowest BCUT2D eigenvalue weighted by Gasteiger charge is -2.15. The SMILES string of the molecule is C=CCN(CC=C)CC=CN. The number of rotatable bonds is 6. The predicted octanol–water partition coefficient (Wildman–Crippen LogP) is 1.13. The van der Waals surface area contributed by atoms with Crippen LogP contribution in [0, 0.1) is 0 Å². The van der Waals surface area contributed by atoms with Gasteiger partial charge in [0.1, 0.15) is 0 Å². The van der Waals surface area contributed by atoms with Crippen molar-refractivity contribution in [2.24, 2.45) is 5.73 Å². The van der Waals surface area contributed by atoms with Crippen molar-refractivity contribution in [2.75, 3.05) is 19.6 Å². The molecule has 0 unspecified atom stereocenters. The van der Waals surface area contributed by atoms with E-state index in [9.17, 15) is 0 Å². The van der Waals surface area contributed by atoms with E-state index < -0.39 is 0 Å². The topological polar surface area (TPSA) is 29.3 Å². The van der Waals surface area contributed by atoms with Gasteiger partial charge in [-0.2, -0.15) is 0 Å². The molecule has 0 rings (SSSR count). The minimum atomic E-state index is 0.856. The van der Waals surface area contributed by atoms with Crippen molar-refractivity contribution in [2.45, 2.75) is 0 Å². The van der Waals surface area contributed by atoms with Gasteiger partial charge in [0.2, 0.25) is 0 Å². The average Bonchev–Trinajstić information content (AvgIpc) is 2.01. The van der Waals surface area contributed by atoms with E-state index in [1.807, 2.05) is 18.2 Å². The fraction of sp³-hybridized carbons (Fsp3) is 0.333. The van der Waals surface area contributed by atoms with Crippen LogP contribution in [0.15, 0.2) is 37.6 Å². The summed E-state index contributed by atoms with van der Waals surface area (Å²) in [5.41, 5.74) is 5.21. The number of nitrogens with zero attached hydrogens (tertiary/aromatic N) is 1. The zero-order valence-corrected chi connectivity index (χ0v) is 6.87. The Kier molecular flexibility index (Phi) is 6.43. The van der Waals surface area contributed by atoms with Crippen LogP contribution < -0.4 is 5.73 Å². The number of hydrogen-bond acceptors (Lipinski definition) is 2. The normalized spacial score (nSPS) is 10.6. The Morgan fingerprint density at radius 3 is 2.00 bits per heavy atom. The first-order valence-electron chi connectivity index (χ1n) is 3.66. The standard InChI is InChI=1S/C9H16N2/c1-3-7-11(8-4-2)9-5-6-10/h3-6H,1-2,7-10H2. The molecular weight excluding hydrogens is 136 g/mol. The second kappa shape index (κ2) is 7.09. The zero-order valence-electron chi connectivity index (χ0n) is 6.87. The molecule has 0 saturated carbocycles. The van der Waals surface area contributed by atoms with Gasteiger partial charge in [-0.05, 0) is 6.20 Å². The van der Waals surface area contributed by atoms with Gasteiger partial charge < -0.3 is 5.73 Å². The van der Waals surface area contributed by atoms with Crippen molar-refractivity contribution >= 4 is 0 Å². The van der Waals surface area contributed by atoms with Crippen LogP contribution in [0.4, 0.5) is 0 Å². The molecule has 0 aromatic rings. The number of hydrogen-bond donors (Lipinski definition) is 1. The first-order valence-corrected chi connectivity index (χ1v) is 3.66. The molecule has 0 fully saturated rings. The van der Waals surface area contributed by atoms with Gasteiger partial charge in [-0.25, -0.2) is 0 Å². The lowest BCUT2D eigenvalue weighted by molar-refractivity contribution is 0.373. The zero-order chi connectivity index (χ0) is 8.53. The van der Waals surface area contributed by atoms with Gasteiger partial charge in [0.25, 0.3) is 0 Å². The highest BCUT2D eigenvalue weighted by Gasteiger charge is 1.94. The van der Waals surface area contributed by atoms with Gasteiger partial charge in [-0.3, -0.25) is 4.90 Å². The second-order valence-corrected chi connectivity index (χ2v) is 2.22. The van der Waals surface area contributed by atoms with Crippen molar-refractivity contribution in [3.8, 4) is 0 Å². The van der Waals surface area contributed by atoms with Crippen LogP contribution in [-0.4, -0.2) is 24.5 Å². The molecule has 0 bridgehead atoms. The summed E-state index contributed by atoms with van der Waals surface area (Å²) in [4.78, 5) is 2.17. The largest absolute Gasteiger partial charge is 0.405 e. The van der Waals surface area contributed by atoms with Crippen LogP contribution in [0.1, 0.15) is 0 Å². The first kappa shape index (κ1) is 9.98. The first-order chi connectivity index (χ1) is 5.35. The summed E-state index contributed by atoms with van der Waals surface area (Å²) in [7, 11) is 0. The van der Waals surface area contributed by atoms with Gasteiger partial charge >= 0.3 is 0 Å². The van der Waals surface area contributed by atoms with E-state index in [-0.39, 0.29) is 0 Å². The smallest absolute Gasteiger partial charge is 0.0186 e. The Labute approximate surface area is 68.7 Å². The second-order valence-electron chi connectivity index (χ2n) is 2.22. The van der Waals surface area contributed by atoms with E-state index in [4.69, 9.17) is 5.73 Å². The van der Waals surface area contributed by atoms with Crippen molar-refractivity contribution in [1.82, 2.24) is 4.90 Å². The van der Waals surface area contributed by atoms with Gasteiger partial charge in [0.05, 0.1) is 0 Å². The average molecular weight is 152 g/mol. The molecule has 2 nitrogen and oxygen atoms in total. The van der Waals surface area contributed by atoms with Crippen LogP contribution in [-0.2, 0) is 0 Å². The lowest BCUT2D eigenvalue weighted by Crippen LogP contribution is -2.23. The third kappa shape index (κ3) is 5.43. The molecule has 2 N–H and O–H groups in total. The monoisotopic (exact) mass is 152 g/mol. The van der Waals surface area contributed by atoms with E-state index in [1.54, 1.807) is 6.20 Å². The highest BCUT2D eigenvalue weighted by atomic mass is 15.1. The minimum absolute atomic E-state index is 0.856. The molecule has 0 aliphatic carbocycles. The van der Waals surface area contributed by atoms with Crippen molar-refractivity contribution in [3.63, 3.8) is 0 Å². The summed E-state index contributed by atoms with van der Waals surface area (Å²) in [5, 5.41) is 0. The summed E-state index contributed by atoms with van der Waals surface area (Å²) in [6.07, 6.45) is 7.20. The molecule has 0 aliphatic rings. The van der Waals surface area contributed by atoms with Gasteiger partial charge in [-0.15, -0.1) is 13.2 Å². The molecule has 0 spiro atoms. The van der Waals surface area contributed by atoms with Gasteiger partial charge in [0.15, 0.2) is 0 Å². The maximum absolute atomic E-state index is 5.21. The molecule has 0 atom stereocenters. The maximum Gasteiger partial charge on any atom is 0.0186 e. The van der Waals surface area contributed by atoms with Crippen molar-refractivity contribution in [3.05, 3.63) is 37.6 Å². The van der Waals surface area contributed by atoms with Crippen LogP contribution in [0.25, 0.3) is 0 Å². The molecule has 0 aliphatic heterocycles. The Hall–Kier alpha value is -1.02. The fourth-order valence-corrected chi connectivity index (χ4v) is 0.799. The summed E-state index contributed by atoms with van der Waals surface area (Å²) in [6.45, 7) is 9.92. The highest BCUT2D eigenvalue weighted by Crippen LogP contribution is 1.88. The fourth-order valence-electron chi connectivity index (χ4n) is 0.799. The summed E-state index contributed by atoms with van der Waals surface area (Å²) in [6, 6.07) is 0. The van der Waals surface area contributed by atoms with Crippen LogP contribution in [0.2, 0.25) is 0 Å². The molecule has 0 aromatic heterocycles. The van der Waals surface area contributed by atoms with Crippen LogP contribution in [0.3, 0.4) is 0 Å². The van der Waals surface area contributed by atoms with Crippen molar-refractivity contribution in [1.29, 1.82) is 0 Å². The third-order valence-corrected chi connectivity index (χ3v) is 1.27. The Bertz CT molecular complexity index is 128. The van der Waals surface area contributed by atoms with E-state index in [1.165, 1.54) is 0 Å². The summed E-state index contributed by atoms with van der Waals surface area (Å²) in [5.74, 6) is 0. The predicted molar refractivity (Wildman–Crippen MR) is 50.2 cm³/mol. The Balaban J connectivity index is 3.66. The number of nitrogens with two attached hydrogens (primary N) is 1.